The van der Waals surface area contributed by atoms with Crippen molar-refractivity contribution < 1.29 is 14.2 Å². The molecular weight excluding hydrogens is 412 g/mol. The summed E-state index contributed by atoms with van der Waals surface area (Å²) in [5.41, 5.74) is 4.52. The highest BCUT2D eigenvalue weighted by Gasteiger charge is 2.12. The monoisotopic (exact) mass is 442 g/mol. The largest absolute Gasteiger partial charge is 0.497 e. The summed E-state index contributed by atoms with van der Waals surface area (Å²) < 4.78 is 19.1. The van der Waals surface area contributed by atoms with E-state index in [9.17, 15) is 0 Å². The Hall–Kier alpha value is -3.73. The number of fused-ring (bicyclic) bond motifs is 1. The second-order valence-corrected chi connectivity index (χ2v) is 7.87. The lowest BCUT2D eigenvalue weighted by Gasteiger charge is -2.13. The molecule has 0 fully saturated rings. The molecule has 0 atom stereocenters. The van der Waals surface area contributed by atoms with Crippen LogP contribution in [-0.4, -0.2) is 30.4 Å². The highest BCUT2D eigenvalue weighted by atomic mass is 16.5. The molecule has 170 valence electrons. The van der Waals surface area contributed by atoms with Crippen LogP contribution < -0.4 is 14.2 Å². The fourth-order valence-electron chi connectivity index (χ4n) is 3.97. The van der Waals surface area contributed by atoms with E-state index in [1.165, 1.54) is 5.56 Å². The van der Waals surface area contributed by atoms with Crippen molar-refractivity contribution >= 4 is 11.0 Å². The van der Waals surface area contributed by atoms with E-state index in [4.69, 9.17) is 19.2 Å². The summed E-state index contributed by atoms with van der Waals surface area (Å²) >= 11 is 0. The Morgan fingerprint density at radius 1 is 0.909 bits per heavy atom. The van der Waals surface area contributed by atoms with Crippen molar-refractivity contribution in [3.8, 4) is 17.2 Å². The first kappa shape index (κ1) is 22.5. The number of para-hydroxylation sites is 2. The van der Waals surface area contributed by atoms with E-state index in [2.05, 4.69) is 47.5 Å². The number of hydrogen-bond acceptors (Lipinski definition) is 4. The van der Waals surface area contributed by atoms with Crippen molar-refractivity contribution in [1.29, 1.82) is 0 Å². The van der Waals surface area contributed by atoms with Gasteiger partial charge in [0.25, 0.3) is 0 Å². The molecule has 0 aliphatic rings. The molecule has 0 unspecified atom stereocenters. The minimum Gasteiger partial charge on any atom is -0.497 e. The fraction of sp³-hybridized carbons (Fsp3) is 0.250. The summed E-state index contributed by atoms with van der Waals surface area (Å²) in [5.74, 6) is 3.42. The van der Waals surface area contributed by atoms with Gasteiger partial charge in [0.2, 0.25) is 0 Å². The molecule has 5 nitrogen and oxygen atoms in total. The van der Waals surface area contributed by atoms with Gasteiger partial charge in [-0.2, -0.15) is 0 Å². The number of aromatic nitrogens is 2. The Morgan fingerprint density at radius 2 is 1.70 bits per heavy atom. The van der Waals surface area contributed by atoms with Gasteiger partial charge in [0.1, 0.15) is 11.6 Å². The van der Waals surface area contributed by atoms with Crippen molar-refractivity contribution in [3.05, 3.63) is 96.3 Å². The first-order valence-electron chi connectivity index (χ1n) is 11.2. The number of allylic oxidation sites excluding steroid dienone is 1. The zero-order valence-electron chi connectivity index (χ0n) is 19.3. The van der Waals surface area contributed by atoms with Crippen molar-refractivity contribution in [2.24, 2.45) is 0 Å². The van der Waals surface area contributed by atoms with Crippen LogP contribution in [0.5, 0.6) is 17.2 Å². The standard InChI is InChI=1S/C28H30N2O3/c1-4-8-21-13-16-26(27(19-21)32-3)33-18-7-17-30-25-10-6-5-9-24(25)29-28(30)20-22-11-14-23(31-2)15-12-22/h4-6,9-16,19H,1,7-8,17-18,20H2,2-3H3. The SMILES string of the molecule is C=CCc1ccc(OCCCn2c(Cc3ccc(OC)cc3)nc3ccccc32)c(OC)c1. The second-order valence-electron chi connectivity index (χ2n) is 7.87. The number of aryl methyl sites for hydroxylation is 1. The highest BCUT2D eigenvalue weighted by molar-refractivity contribution is 5.76. The summed E-state index contributed by atoms with van der Waals surface area (Å²) in [4.78, 5) is 4.90. The highest BCUT2D eigenvalue weighted by Crippen LogP contribution is 2.28. The van der Waals surface area contributed by atoms with Crippen LogP contribution in [0.4, 0.5) is 0 Å². The molecule has 0 saturated heterocycles. The zero-order valence-corrected chi connectivity index (χ0v) is 19.3. The van der Waals surface area contributed by atoms with Crippen LogP contribution in [0, 0.1) is 0 Å². The average molecular weight is 443 g/mol. The molecule has 0 N–H and O–H groups in total. The lowest BCUT2D eigenvalue weighted by Crippen LogP contribution is -2.09. The molecule has 0 saturated carbocycles. The Kier molecular flexibility index (Phi) is 7.30. The van der Waals surface area contributed by atoms with Gasteiger partial charge in [0.15, 0.2) is 11.5 Å². The molecule has 4 aromatic rings. The van der Waals surface area contributed by atoms with E-state index in [-0.39, 0.29) is 0 Å². The molecular formula is C28H30N2O3. The minimum atomic E-state index is 0.589. The molecule has 33 heavy (non-hydrogen) atoms. The van der Waals surface area contributed by atoms with Gasteiger partial charge in [-0.15, -0.1) is 6.58 Å². The lowest BCUT2D eigenvalue weighted by molar-refractivity contribution is 0.282. The van der Waals surface area contributed by atoms with Crippen LogP contribution in [0.2, 0.25) is 0 Å². The maximum Gasteiger partial charge on any atom is 0.161 e. The van der Waals surface area contributed by atoms with Crippen LogP contribution in [0.25, 0.3) is 11.0 Å². The van der Waals surface area contributed by atoms with Crippen molar-refractivity contribution in [2.75, 3.05) is 20.8 Å². The Labute approximate surface area is 195 Å². The van der Waals surface area contributed by atoms with Crippen molar-refractivity contribution in [3.63, 3.8) is 0 Å². The first-order chi connectivity index (χ1) is 16.2. The zero-order chi connectivity index (χ0) is 23.0. The van der Waals surface area contributed by atoms with Gasteiger partial charge in [-0.25, -0.2) is 4.98 Å². The predicted octanol–water partition coefficient (Wildman–Crippen LogP) is 5.84. The molecule has 0 aliphatic heterocycles. The van der Waals surface area contributed by atoms with E-state index in [1.54, 1.807) is 14.2 Å². The molecule has 1 heterocycles. The summed E-state index contributed by atoms with van der Waals surface area (Å²) in [6.45, 7) is 5.21. The molecule has 0 bridgehead atoms. The normalized spacial score (nSPS) is 10.8. The number of hydrogen-bond donors (Lipinski definition) is 0. The molecule has 0 amide bonds. The molecule has 0 spiro atoms. The maximum absolute atomic E-state index is 6.06. The molecule has 3 aromatic carbocycles. The van der Waals surface area contributed by atoms with Crippen LogP contribution in [0.3, 0.4) is 0 Å². The number of nitrogens with zero attached hydrogens (tertiary/aromatic N) is 2. The van der Waals surface area contributed by atoms with Crippen LogP contribution in [0.1, 0.15) is 23.4 Å². The van der Waals surface area contributed by atoms with E-state index >= 15 is 0 Å². The van der Waals surface area contributed by atoms with Gasteiger partial charge >= 0.3 is 0 Å². The number of methoxy groups -OCH3 is 2. The van der Waals surface area contributed by atoms with Crippen LogP contribution >= 0.6 is 0 Å². The summed E-state index contributed by atoms with van der Waals surface area (Å²) in [7, 11) is 3.35. The molecule has 0 radical (unpaired) electrons. The third-order valence-electron chi connectivity index (χ3n) is 5.65. The van der Waals surface area contributed by atoms with Crippen molar-refractivity contribution in [2.45, 2.75) is 25.8 Å². The van der Waals surface area contributed by atoms with E-state index < -0.39 is 0 Å². The number of rotatable bonds is 11. The van der Waals surface area contributed by atoms with Gasteiger partial charge in [-0.1, -0.05) is 36.4 Å². The lowest BCUT2D eigenvalue weighted by atomic mass is 10.1. The van der Waals surface area contributed by atoms with E-state index in [1.807, 2.05) is 36.4 Å². The second kappa shape index (κ2) is 10.7. The third kappa shape index (κ3) is 5.37. The quantitative estimate of drug-likeness (QED) is 0.216. The van der Waals surface area contributed by atoms with Crippen LogP contribution in [0.15, 0.2) is 79.4 Å². The average Bonchev–Trinajstić information content (AvgIpc) is 3.20. The van der Waals surface area contributed by atoms with Crippen molar-refractivity contribution in [1.82, 2.24) is 9.55 Å². The topological polar surface area (TPSA) is 45.5 Å². The summed E-state index contributed by atoms with van der Waals surface area (Å²) in [5, 5.41) is 0. The molecule has 4 rings (SSSR count). The third-order valence-corrected chi connectivity index (χ3v) is 5.65. The summed E-state index contributed by atoms with van der Waals surface area (Å²) in [6, 6.07) is 22.5. The van der Waals surface area contributed by atoms with E-state index in [0.29, 0.717) is 6.61 Å². The van der Waals surface area contributed by atoms with Gasteiger partial charge in [-0.05, 0) is 60.4 Å². The first-order valence-corrected chi connectivity index (χ1v) is 11.2. The van der Waals surface area contributed by atoms with E-state index in [0.717, 1.165) is 65.5 Å². The fourth-order valence-corrected chi connectivity index (χ4v) is 3.97. The Morgan fingerprint density at radius 3 is 2.45 bits per heavy atom. The van der Waals surface area contributed by atoms with Crippen LogP contribution in [-0.2, 0) is 19.4 Å². The smallest absolute Gasteiger partial charge is 0.161 e. The number of benzene rings is 3. The van der Waals surface area contributed by atoms with Gasteiger partial charge in [-0.3, -0.25) is 0 Å². The van der Waals surface area contributed by atoms with Gasteiger partial charge in [0.05, 0.1) is 31.9 Å². The summed E-state index contributed by atoms with van der Waals surface area (Å²) in [6.07, 6.45) is 4.31. The van der Waals surface area contributed by atoms with Gasteiger partial charge in [0, 0.05) is 13.0 Å². The molecule has 0 aliphatic carbocycles. The predicted molar refractivity (Wildman–Crippen MR) is 133 cm³/mol. The number of imidazole rings is 1. The maximum atomic E-state index is 6.06. The van der Waals surface area contributed by atoms with Gasteiger partial charge < -0.3 is 18.8 Å². The molecule has 1 aromatic heterocycles. The Balaban J connectivity index is 1.46. The number of ether oxygens (including phenoxy) is 3. The minimum absolute atomic E-state index is 0.589. The Bertz CT molecular complexity index is 1210. The molecule has 5 heteroatoms.